The number of hydrogen-bond acceptors (Lipinski definition) is 15. The van der Waals surface area contributed by atoms with E-state index in [0.717, 1.165) is 16.1 Å². The van der Waals surface area contributed by atoms with Crippen molar-refractivity contribution >= 4 is 46.5 Å². The van der Waals surface area contributed by atoms with Crippen LogP contribution in [0.25, 0.3) is 0 Å². The monoisotopic (exact) mass is 1070 g/mol. The molecule has 0 spiro atoms. The maximum atomic E-state index is 14.6. The van der Waals surface area contributed by atoms with Gasteiger partial charge in [-0.25, -0.2) is 9.59 Å². The Hall–Kier alpha value is -4.23. The van der Waals surface area contributed by atoms with Crippen LogP contribution in [0.3, 0.4) is 0 Å². The number of ether oxygens (including phenoxy) is 6. The molecular formula is C58H87N2O14S+. The number of aliphatic hydroxyl groups excluding tert-OH is 1. The Morgan fingerprint density at radius 3 is 2.28 bits per heavy atom. The summed E-state index contributed by atoms with van der Waals surface area (Å²) in [5, 5.41) is 22.6. The second-order valence-corrected chi connectivity index (χ2v) is 23.1. The summed E-state index contributed by atoms with van der Waals surface area (Å²) >= 11 is 1.50. The van der Waals surface area contributed by atoms with E-state index in [4.69, 9.17) is 28.4 Å². The van der Waals surface area contributed by atoms with E-state index in [0.29, 0.717) is 69.8 Å². The van der Waals surface area contributed by atoms with Crippen LogP contribution in [0.5, 0.6) is 0 Å². The van der Waals surface area contributed by atoms with Crippen molar-refractivity contribution in [1.29, 1.82) is 0 Å². The van der Waals surface area contributed by atoms with E-state index in [1.54, 1.807) is 45.6 Å². The van der Waals surface area contributed by atoms with E-state index in [2.05, 4.69) is 0 Å². The summed E-state index contributed by atoms with van der Waals surface area (Å²) in [5.74, 6) is -8.94. The predicted octanol–water partition coefficient (Wildman–Crippen LogP) is 7.40. The molecule has 418 valence electrons. The highest BCUT2D eigenvalue weighted by Gasteiger charge is 2.53. The molecule has 1 aromatic rings. The van der Waals surface area contributed by atoms with Gasteiger partial charge in [0.2, 0.25) is 17.8 Å². The van der Waals surface area contributed by atoms with Crippen molar-refractivity contribution in [1.82, 2.24) is 4.90 Å². The van der Waals surface area contributed by atoms with Gasteiger partial charge >= 0.3 is 11.9 Å². The number of methoxy groups -OCH3 is 3. The third kappa shape index (κ3) is 16.2. The average molecular weight is 1070 g/mol. The number of fused-ring (bicyclic) bond motifs is 3. The molecule has 5 rings (SSSR count). The minimum Gasteiger partial charge on any atom is -0.460 e. The molecule has 4 heterocycles. The lowest BCUT2D eigenvalue weighted by Gasteiger charge is -2.42. The first kappa shape index (κ1) is 61.6. The molecule has 2 bridgehead atoms. The highest BCUT2D eigenvalue weighted by molar-refractivity contribution is 7.09. The Morgan fingerprint density at radius 1 is 0.880 bits per heavy atom. The lowest BCUT2D eigenvalue weighted by Crippen LogP contribution is -2.61. The number of nitrogens with zero attached hydrogens (tertiary/aromatic N) is 2. The zero-order chi connectivity index (χ0) is 55.3. The predicted molar refractivity (Wildman–Crippen MR) is 283 cm³/mol. The average Bonchev–Trinajstić information content (AvgIpc) is 3.69. The molecule has 1 saturated carbocycles. The molecule has 1 aliphatic carbocycles. The third-order valence-electron chi connectivity index (χ3n) is 16.3. The molecule has 1 amide bonds. The van der Waals surface area contributed by atoms with E-state index in [1.165, 1.54) is 23.3 Å². The number of hydrogen-bond donors (Lipinski definition) is 2. The molecule has 0 radical (unpaired) electrons. The first-order valence-corrected chi connectivity index (χ1v) is 28.0. The number of amides is 1. The minimum absolute atomic E-state index is 0.0362. The van der Waals surface area contributed by atoms with Crippen LogP contribution < -0.4 is 4.57 Å². The Kier molecular flexibility index (Phi) is 23.3. The van der Waals surface area contributed by atoms with Crippen LogP contribution in [0.4, 0.5) is 0 Å². The van der Waals surface area contributed by atoms with Gasteiger partial charge in [0.25, 0.3) is 11.7 Å². The number of aromatic nitrogens is 1. The fourth-order valence-electron chi connectivity index (χ4n) is 11.2. The summed E-state index contributed by atoms with van der Waals surface area (Å²) in [4.78, 5) is 88.4. The van der Waals surface area contributed by atoms with Crippen LogP contribution in [-0.2, 0) is 63.7 Å². The van der Waals surface area contributed by atoms with E-state index < -0.39 is 89.8 Å². The van der Waals surface area contributed by atoms with Gasteiger partial charge in [-0.3, -0.25) is 19.2 Å². The smallest absolute Gasteiger partial charge is 0.373 e. The fourth-order valence-corrected chi connectivity index (χ4v) is 12.0. The summed E-state index contributed by atoms with van der Waals surface area (Å²) in [6.45, 7) is 16.6. The second-order valence-electron chi connectivity index (χ2n) is 22.0. The van der Waals surface area contributed by atoms with Crippen molar-refractivity contribution in [2.75, 3.05) is 27.9 Å². The van der Waals surface area contributed by atoms with Crippen LogP contribution in [0.2, 0.25) is 0 Å². The number of rotatable bonds is 9. The Morgan fingerprint density at radius 2 is 1.61 bits per heavy atom. The minimum atomic E-state index is -2.45. The number of aliphatic hydroxyl groups is 2. The Bertz CT molecular complexity index is 2270. The lowest BCUT2D eigenvalue weighted by molar-refractivity contribution is -0.687. The molecule has 4 aliphatic rings. The standard InChI is InChI=1S/C58H87N2O14S/c1-34-18-14-13-15-19-35(2)48(69-10)30-44-23-21-40(7)58(68,74-44)55(65)56(66)60-25-17-16-20-45(60)57(67)72-49(37(4)28-43-22-24-46(61)50(29-43)70-11)31-47(62)36(3)27-39(6)53(54(71-12)52(64)38(5)26-34)73-51(63)32-59-33-75-42(9)41(59)8/h13-15,18-19,27,33-34,36-38,40,43-46,48-50,53-54,61,68H,16-17,20-26,28-32H2,1-12H3/q+1/b15-13?,18-14+,35-19?,39-27+/t34-,36-,37-,38-,40-,43+,44+,45+,46-,48+,49+,50-,53-,54+,58-/m1/s1. The molecule has 1 aromatic heterocycles. The molecule has 2 saturated heterocycles. The number of Topliss-reactive ketones (excluding diaryl/α,β-unsaturated/α-hetero) is 3. The van der Waals surface area contributed by atoms with Gasteiger partial charge in [0.1, 0.15) is 17.9 Å². The normalized spacial score (nSPS) is 35.4. The van der Waals surface area contributed by atoms with Crippen LogP contribution in [0.15, 0.2) is 53.1 Å². The highest BCUT2D eigenvalue weighted by atomic mass is 32.1. The van der Waals surface area contributed by atoms with E-state index >= 15 is 0 Å². The van der Waals surface area contributed by atoms with Gasteiger partial charge in [0.15, 0.2) is 23.7 Å². The zero-order valence-corrected chi connectivity index (χ0v) is 47.4. The number of carbonyl (C=O) groups excluding carboxylic acids is 6. The molecule has 0 aromatic carbocycles. The van der Waals surface area contributed by atoms with Crippen molar-refractivity contribution in [3.8, 4) is 0 Å². The highest BCUT2D eigenvalue weighted by Crippen LogP contribution is 2.38. The van der Waals surface area contributed by atoms with E-state index in [9.17, 15) is 39.0 Å². The number of piperidine rings is 1. The number of thiazole rings is 1. The number of carbonyl (C=O) groups is 6. The summed E-state index contributed by atoms with van der Waals surface area (Å²) in [6, 6.07) is -1.17. The SMILES string of the molecule is CO[C@H]1C[C@@H]2CC[C@@H](C)[C@@](O)(O2)C(=O)C(=O)N2CCCC[C@H]2C(=O)O[C@H]([C@H](C)C[C@@H]2CC[C@@H](O)[C@H](OC)C2)CC(=O)[C@H](C)/C=C(\C)[C@@H](OC(=O)C[n+]2csc(C)c2C)[C@@H](OC)C(=O)[C@H](C)C[C@H](C)/C=C/C=CC=C1C. The fraction of sp³-hybridized carbons (Fsp3) is 0.707. The topological polar surface area (TPSA) is 205 Å². The number of allylic oxidation sites excluding steroid dienone is 6. The van der Waals surface area contributed by atoms with Gasteiger partial charge in [-0.05, 0) is 114 Å². The summed E-state index contributed by atoms with van der Waals surface area (Å²) < 4.78 is 37.9. The van der Waals surface area contributed by atoms with Crippen LogP contribution in [0, 0.1) is 49.4 Å². The summed E-state index contributed by atoms with van der Waals surface area (Å²) in [7, 11) is 4.54. The van der Waals surface area contributed by atoms with Crippen molar-refractivity contribution in [3.63, 3.8) is 0 Å². The molecule has 75 heavy (non-hydrogen) atoms. The summed E-state index contributed by atoms with van der Waals surface area (Å²) in [5.41, 5.74) is 4.04. The van der Waals surface area contributed by atoms with Crippen LogP contribution in [0.1, 0.15) is 136 Å². The second kappa shape index (κ2) is 28.4. The van der Waals surface area contributed by atoms with Crippen molar-refractivity contribution in [2.24, 2.45) is 35.5 Å². The molecule has 15 atom stereocenters. The number of cyclic esters (lactones) is 1. The Balaban J connectivity index is 1.54. The van der Waals surface area contributed by atoms with E-state index in [-0.39, 0.29) is 61.4 Å². The van der Waals surface area contributed by atoms with Gasteiger partial charge in [0.05, 0.1) is 29.3 Å². The first-order chi connectivity index (χ1) is 35.5. The van der Waals surface area contributed by atoms with Gasteiger partial charge in [0, 0.05) is 65.4 Å². The third-order valence-corrected chi connectivity index (χ3v) is 17.3. The van der Waals surface area contributed by atoms with Crippen LogP contribution in [-0.4, -0.2) is 133 Å². The van der Waals surface area contributed by atoms with Gasteiger partial charge in [-0.2, -0.15) is 4.57 Å². The van der Waals surface area contributed by atoms with E-state index in [1.807, 2.05) is 77.4 Å². The molecule has 0 unspecified atom stereocenters. The van der Waals surface area contributed by atoms with Gasteiger partial charge < -0.3 is 43.5 Å². The molecular weight excluding hydrogens is 981 g/mol. The molecule has 17 heteroatoms. The molecule has 2 N–H and O–H groups in total. The first-order valence-electron chi connectivity index (χ1n) is 27.2. The quantitative estimate of drug-likeness (QED) is 0.107. The van der Waals surface area contributed by atoms with Crippen LogP contribution >= 0.6 is 11.3 Å². The Labute approximate surface area is 449 Å². The molecule has 16 nitrogen and oxygen atoms in total. The molecule has 3 fully saturated rings. The number of aryl methyl sites for hydroxylation is 1. The van der Waals surface area contributed by atoms with Gasteiger partial charge in [-0.15, -0.1) is 0 Å². The molecule has 3 aliphatic heterocycles. The zero-order valence-electron chi connectivity index (χ0n) is 46.6. The maximum Gasteiger partial charge on any atom is 0.373 e. The number of esters is 2. The summed E-state index contributed by atoms with van der Waals surface area (Å²) in [6.07, 6.45) is 10.9. The number of ketones is 3. The largest absolute Gasteiger partial charge is 0.460 e. The van der Waals surface area contributed by atoms with Crippen molar-refractivity contribution in [2.45, 2.75) is 200 Å². The maximum absolute atomic E-state index is 14.6. The lowest BCUT2D eigenvalue weighted by atomic mass is 9.78. The van der Waals surface area contributed by atoms with Crippen molar-refractivity contribution < 1.29 is 72.0 Å². The van der Waals surface area contributed by atoms with Crippen molar-refractivity contribution in [3.05, 3.63) is 63.7 Å². The van der Waals surface area contributed by atoms with Gasteiger partial charge in [-0.1, -0.05) is 82.4 Å².